The molecular formula is C28H24N2O3S2. The average Bonchev–Trinajstić information content (AvgIpc) is 3.54. The molecule has 176 valence electrons. The van der Waals surface area contributed by atoms with Crippen LogP contribution in [-0.4, -0.2) is 22.5 Å². The second kappa shape index (κ2) is 10.9. The summed E-state index contributed by atoms with van der Waals surface area (Å²) in [4.78, 5) is 28.2. The van der Waals surface area contributed by atoms with Gasteiger partial charge in [0.1, 0.15) is 11.1 Å². The van der Waals surface area contributed by atoms with Gasteiger partial charge in [0.05, 0.1) is 18.6 Å². The van der Waals surface area contributed by atoms with E-state index in [1.165, 1.54) is 10.5 Å². The molecule has 0 aliphatic carbocycles. The molecule has 1 fully saturated rings. The quantitative estimate of drug-likeness (QED) is 0.276. The SMILES string of the molecule is O=C(Nc1ccc(CSc2ccccc2)cc1)c1ccc([C@H]2SCC(=O)N2Cc2ccco2)cc1. The average molecular weight is 501 g/mol. The number of anilines is 1. The molecule has 0 unspecified atom stereocenters. The first-order valence-corrected chi connectivity index (χ1v) is 13.3. The van der Waals surface area contributed by atoms with Crippen LogP contribution in [0, 0.1) is 0 Å². The molecule has 4 aromatic rings. The topological polar surface area (TPSA) is 62.6 Å². The highest BCUT2D eigenvalue weighted by atomic mass is 32.2. The van der Waals surface area contributed by atoms with Gasteiger partial charge in [-0.05, 0) is 59.7 Å². The number of amides is 2. The number of rotatable bonds is 8. The van der Waals surface area contributed by atoms with Gasteiger partial charge in [-0.25, -0.2) is 0 Å². The number of hydrogen-bond donors (Lipinski definition) is 1. The molecule has 0 saturated carbocycles. The van der Waals surface area contributed by atoms with Crippen molar-refractivity contribution in [2.45, 2.75) is 22.6 Å². The Kier molecular flexibility index (Phi) is 7.25. The summed E-state index contributed by atoms with van der Waals surface area (Å²) in [6.45, 7) is 0.436. The van der Waals surface area contributed by atoms with Crippen LogP contribution in [0.3, 0.4) is 0 Å². The van der Waals surface area contributed by atoms with Crippen LogP contribution >= 0.6 is 23.5 Å². The number of thioether (sulfide) groups is 2. The Labute approximate surface area is 212 Å². The summed E-state index contributed by atoms with van der Waals surface area (Å²) >= 11 is 3.37. The molecule has 1 aliphatic heterocycles. The summed E-state index contributed by atoms with van der Waals surface area (Å²) < 4.78 is 5.42. The van der Waals surface area contributed by atoms with Crippen molar-refractivity contribution in [1.29, 1.82) is 0 Å². The van der Waals surface area contributed by atoms with Crippen LogP contribution in [0.1, 0.15) is 32.6 Å². The maximum absolute atomic E-state index is 12.8. The van der Waals surface area contributed by atoms with Crippen LogP contribution in [0.4, 0.5) is 5.69 Å². The van der Waals surface area contributed by atoms with Crippen molar-refractivity contribution >= 4 is 41.0 Å². The number of carbonyl (C=O) groups is 2. The molecule has 5 rings (SSSR count). The van der Waals surface area contributed by atoms with Gasteiger partial charge in [-0.3, -0.25) is 9.59 Å². The van der Waals surface area contributed by atoms with E-state index in [4.69, 9.17) is 4.42 Å². The Morgan fingerprint density at radius 3 is 2.46 bits per heavy atom. The lowest BCUT2D eigenvalue weighted by Crippen LogP contribution is -2.27. The molecule has 1 aromatic heterocycles. The lowest BCUT2D eigenvalue weighted by Gasteiger charge is -2.23. The molecule has 0 spiro atoms. The monoisotopic (exact) mass is 500 g/mol. The van der Waals surface area contributed by atoms with Crippen LogP contribution in [-0.2, 0) is 17.1 Å². The number of hydrogen-bond acceptors (Lipinski definition) is 5. The van der Waals surface area contributed by atoms with Gasteiger partial charge in [-0.1, -0.05) is 42.5 Å². The third-order valence-corrected chi connectivity index (χ3v) is 8.03. The second-order valence-electron chi connectivity index (χ2n) is 8.14. The number of nitrogens with one attached hydrogen (secondary N) is 1. The van der Waals surface area contributed by atoms with Crippen molar-refractivity contribution in [2.24, 2.45) is 0 Å². The first-order valence-electron chi connectivity index (χ1n) is 11.3. The minimum Gasteiger partial charge on any atom is -0.467 e. The predicted molar refractivity (Wildman–Crippen MR) is 141 cm³/mol. The van der Waals surface area contributed by atoms with Crippen LogP contribution < -0.4 is 5.32 Å². The van der Waals surface area contributed by atoms with Crippen LogP contribution in [0.15, 0.2) is 107 Å². The number of nitrogens with zero attached hydrogens (tertiary/aromatic N) is 1. The minimum absolute atomic E-state index is 0.0869. The number of benzene rings is 3. The van der Waals surface area contributed by atoms with Gasteiger partial charge >= 0.3 is 0 Å². The summed E-state index contributed by atoms with van der Waals surface area (Å²) in [6, 6.07) is 29.4. The van der Waals surface area contributed by atoms with E-state index in [1.54, 1.807) is 29.8 Å². The van der Waals surface area contributed by atoms with E-state index >= 15 is 0 Å². The molecular weight excluding hydrogens is 476 g/mol. The van der Waals surface area contributed by atoms with E-state index in [2.05, 4.69) is 17.4 Å². The van der Waals surface area contributed by atoms with E-state index in [9.17, 15) is 9.59 Å². The highest BCUT2D eigenvalue weighted by molar-refractivity contribution is 8.00. The number of furan rings is 1. The molecule has 5 nitrogen and oxygen atoms in total. The zero-order valence-corrected chi connectivity index (χ0v) is 20.6. The fourth-order valence-electron chi connectivity index (χ4n) is 3.84. The summed E-state index contributed by atoms with van der Waals surface area (Å²) in [5.41, 5.74) is 3.52. The highest BCUT2D eigenvalue weighted by Gasteiger charge is 2.33. The van der Waals surface area contributed by atoms with Crippen molar-refractivity contribution in [3.8, 4) is 0 Å². The molecule has 2 amide bonds. The van der Waals surface area contributed by atoms with E-state index in [-0.39, 0.29) is 17.2 Å². The fourth-order valence-corrected chi connectivity index (χ4v) is 5.90. The summed E-state index contributed by atoms with van der Waals surface area (Å²) in [5, 5.41) is 2.87. The Hall–Kier alpha value is -3.42. The zero-order valence-electron chi connectivity index (χ0n) is 18.9. The molecule has 1 aliphatic rings. The molecule has 0 radical (unpaired) electrons. The zero-order chi connectivity index (χ0) is 24.0. The number of carbonyl (C=O) groups excluding carboxylic acids is 2. The maximum Gasteiger partial charge on any atom is 0.255 e. The van der Waals surface area contributed by atoms with Gasteiger partial charge in [-0.2, -0.15) is 0 Å². The van der Waals surface area contributed by atoms with Gasteiger partial charge in [0, 0.05) is 21.9 Å². The van der Waals surface area contributed by atoms with E-state index < -0.39 is 0 Å². The third-order valence-electron chi connectivity index (χ3n) is 5.69. The Bertz CT molecular complexity index is 1270. The van der Waals surface area contributed by atoms with Gasteiger partial charge in [0.2, 0.25) is 5.91 Å². The molecule has 7 heteroatoms. The standard InChI is InChI=1S/C28H24N2O3S2/c31-26-19-35-28(30(26)17-24-5-4-16-33-24)22-12-10-21(11-13-22)27(32)29-23-14-8-20(9-15-23)18-34-25-6-2-1-3-7-25/h1-16,28H,17-19H2,(H,29,32)/t28-/m1/s1. The summed E-state index contributed by atoms with van der Waals surface area (Å²) in [7, 11) is 0. The Balaban J connectivity index is 1.18. The molecule has 0 bridgehead atoms. The van der Waals surface area contributed by atoms with Crippen molar-refractivity contribution < 1.29 is 14.0 Å². The predicted octanol–water partition coefficient (Wildman–Crippen LogP) is 6.60. The van der Waals surface area contributed by atoms with E-state index in [0.29, 0.717) is 17.9 Å². The first kappa shape index (κ1) is 23.3. The maximum atomic E-state index is 12.8. The van der Waals surface area contributed by atoms with Crippen molar-refractivity contribution in [3.63, 3.8) is 0 Å². The van der Waals surface area contributed by atoms with Crippen LogP contribution in [0.2, 0.25) is 0 Å². The van der Waals surface area contributed by atoms with Crippen LogP contribution in [0.25, 0.3) is 0 Å². The summed E-state index contributed by atoms with van der Waals surface area (Å²) in [6.07, 6.45) is 1.61. The van der Waals surface area contributed by atoms with Gasteiger partial charge in [-0.15, -0.1) is 23.5 Å². The van der Waals surface area contributed by atoms with Gasteiger partial charge in [0.25, 0.3) is 5.91 Å². The Morgan fingerprint density at radius 1 is 0.971 bits per heavy atom. The minimum atomic E-state index is -0.162. The van der Waals surface area contributed by atoms with Crippen molar-refractivity contribution in [2.75, 3.05) is 11.1 Å². The smallest absolute Gasteiger partial charge is 0.255 e. The van der Waals surface area contributed by atoms with Crippen LogP contribution in [0.5, 0.6) is 0 Å². The fraction of sp³-hybridized carbons (Fsp3) is 0.143. The summed E-state index contributed by atoms with van der Waals surface area (Å²) in [5.74, 6) is 1.99. The normalized spacial score (nSPS) is 15.4. The Morgan fingerprint density at radius 2 is 1.74 bits per heavy atom. The molecule has 2 heterocycles. The van der Waals surface area contributed by atoms with E-state index in [1.807, 2.05) is 83.8 Å². The van der Waals surface area contributed by atoms with Gasteiger partial charge < -0.3 is 14.6 Å². The molecule has 1 N–H and O–H groups in total. The van der Waals surface area contributed by atoms with Gasteiger partial charge in [0.15, 0.2) is 0 Å². The second-order valence-corrected chi connectivity index (χ2v) is 10.3. The molecule has 1 atom stereocenters. The third kappa shape index (κ3) is 5.81. The molecule has 3 aromatic carbocycles. The largest absolute Gasteiger partial charge is 0.467 e. The molecule has 1 saturated heterocycles. The van der Waals surface area contributed by atoms with Crippen molar-refractivity contribution in [1.82, 2.24) is 4.90 Å². The molecule has 35 heavy (non-hydrogen) atoms. The first-order chi connectivity index (χ1) is 17.2. The van der Waals surface area contributed by atoms with Crippen molar-refractivity contribution in [3.05, 3.63) is 120 Å². The lowest BCUT2D eigenvalue weighted by molar-refractivity contribution is -0.128. The van der Waals surface area contributed by atoms with E-state index in [0.717, 1.165) is 22.8 Å². The lowest BCUT2D eigenvalue weighted by atomic mass is 10.1. The highest BCUT2D eigenvalue weighted by Crippen LogP contribution is 2.39.